The number of nitrogens with one attached hydrogen (secondary N) is 1. The van der Waals surface area contributed by atoms with Crippen molar-refractivity contribution in [1.82, 2.24) is 5.32 Å². The molecular formula is C12H25NO2. The zero-order valence-electron chi connectivity index (χ0n) is 10.5. The van der Waals surface area contributed by atoms with Gasteiger partial charge in [0.15, 0.2) is 0 Å². The first kappa shape index (κ1) is 12.9. The summed E-state index contributed by atoms with van der Waals surface area (Å²) < 4.78 is 5.66. The third-order valence-corrected chi connectivity index (χ3v) is 2.99. The van der Waals surface area contributed by atoms with Crippen LogP contribution < -0.4 is 5.32 Å². The minimum atomic E-state index is -0.0254. The molecule has 2 N–H and O–H groups in total. The van der Waals surface area contributed by atoms with E-state index in [1.165, 1.54) is 0 Å². The maximum Gasteiger partial charge on any atom is 0.0641 e. The third kappa shape index (κ3) is 4.49. The highest BCUT2D eigenvalue weighted by molar-refractivity contribution is 4.84. The lowest BCUT2D eigenvalue weighted by Crippen LogP contribution is -2.46. The molecule has 0 aromatic heterocycles. The molecule has 1 rings (SSSR count). The van der Waals surface area contributed by atoms with Gasteiger partial charge in [-0.2, -0.15) is 0 Å². The Morgan fingerprint density at radius 1 is 1.47 bits per heavy atom. The molecular weight excluding hydrogens is 190 g/mol. The van der Waals surface area contributed by atoms with Gasteiger partial charge in [-0.15, -0.1) is 0 Å². The lowest BCUT2D eigenvalue weighted by Gasteiger charge is -2.37. The summed E-state index contributed by atoms with van der Waals surface area (Å²) >= 11 is 0. The first-order valence-electron chi connectivity index (χ1n) is 5.83. The fraction of sp³-hybridized carbons (Fsp3) is 1.00. The van der Waals surface area contributed by atoms with Crippen LogP contribution in [0.5, 0.6) is 0 Å². The Hall–Kier alpha value is -0.120. The summed E-state index contributed by atoms with van der Waals surface area (Å²) in [5.41, 5.74) is -0.0261. The summed E-state index contributed by atoms with van der Waals surface area (Å²) in [7, 11) is 0. The Morgan fingerprint density at radius 3 is 2.67 bits per heavy atom. The molecule has 1 unspecified atom stereocenters. The number of aliphatic hydroxyl groups excluding tert-OH is 1. The molecule has 0 amide bonds. The van der Waals surface area contributed by atoms with Crippen molar-refractivity contribution in [2.24, 2.45) is 5.41 Å². The monoisotopic (exact) mass is 215 g/mol. The van der Waals surface area contributed by atoms with E-state index >= 15 is 0 Å². The molecule has 0 aromatic rings. The Bertz CT molecular complexity index is 202. The van der Waals surface area contributed by atoms with Crippen molar-refractivity contribution < 1.29 is 9.84 Å². The molecule has 15 heavy (non-hydrogen) atoms. The second-order valence-electron chi connectivity index (χ2n) is 6.00. The van der Waals surface area contributed by atoms with Gasteiger partial charge in [0, 0.05) is 31.2 Å². The molecule has 1 atom stereocenters. The minimum absolute atomic E-state index is 0.000720. The molecule has 0 bridgehead atoms. The van der Waals surface area contributed by atoms with Crippen molar-refractivity contribution in [2.45, 2.75) is 52.2 Å². The van der Waals surface area contributed by atoms with Crippen molar-refractivity contribution in [1.29, 1.82) is 0 Å². The second kappa shape index (κ2) is 4.81. The van der Waals surface area contributed by atoms with Crippen LogP contribution in [0.3, 0.4) is 0 Å². The lowest BCUT2D eigenvalue weighted by atomic mass is 9.91. The topological polar surface area (TPSA) is 41.5 Å². The molecule has 90 valence electrons. The standard InChI is InChI=1S/C12H25NO2/c1-11(2,9-14)8-13-10-5-6-15-12(3,4)7-10/h10,13-14H,5-9H2,1-4H3. The van der Waals surface area contributed by atoms with Gasteiger partial charge >= 0.3 is 0 Å². The fourth-order valence-electron chi connectivity index (χ4n) is 1.88. The van der Waals surface area contributed by atoms with Crippen LogP contribution >= 0.6 is 0 Å². The molecule has 3 heteroatoms. The van der Waals surface area contributed by atoms with E-state index in [2.05, 4.69) is 33.0 Å². The van der Waals surface area contributed by atoms with E-state index in [1.807, 2.05) is 0 Å². The van der Waals surface area contributed by atoms with Gasteiger partial charge in [0.25, 0.3) is 0 Å². The van der Waals surface area contributed by atoms with Crippen LogP contribution in [-0.4, -0.2) is 36.5 Å². The van der Waals surface area contributed by atoms with Gasteiger partial charge in [-0.3, -0.25) is 0 Å². The number of hydrogen-bond acceptors (Lipinski definition) is 3. The smallest absolute Gasteiger partial charge is 0.0641 e. The Morgan fingerprint density at radius 2 is 2.13 bits per heavy atom. The van der Waals surface area contributed by atoms with Crippen molar-refractivity contribution in [3.63, 3.8) is 0 Å². The van der Waals surface area contributed by atoms with Crippen LogP contribution in [0.15, 0.2) is 0 Å². The molecule has 1 fully saturated rings. The van der Waals surface area contributed by atoms with E-state index in [4.69, 9.17) is 9.84 Å². The molecule has 0 radical (unpaired) electrons. The number of aliphatic hydroxyl groups is 1. The molecule has 1 saturated heterocycles. The van der Waals surface area contributed by atoms with Gasteiger partial charge in [0.05, 0.1) is 5.60 Å². The SMILES string of the molecule is CC(C)(CO)CNC1CCOC(C)(C)C1. The van der Waals surface area contributed by atoms with Gasteiger partial charge < -0.3 is 15.2 Å². The summed E-state index contributed by atoms with van der Waals surface area (Å²) in [6.07, 6.45) is 2.12. The van der Waals surface area contributed by atoms with Crippen molar-refractivity contribution in [3.05, 3.63) is 0 Å². The largest absolute Gasteiger partial charge is 0.396 e. The molecule has 0 spiro atoms. The maximum absolute atomic E-state index is 9.16. The summed E-state index contributed by atoms with van der Waals surface area (Å²) in [4.78, 5) is 0. The molecule has 1 heterocycles. The second-order valence-corrected chi connectivity index (χ2v) is 6.00. The predicted molar refractivity (Wildman–Crippen MR) is 61.9 cm³/mol. The third-order valence-electron chi connectivity index (χ3n) is 2.99. The van der Waals surface area contributed by atoms with E-state index in [1.54, 1.807) is 0 Å². The molecule has 3 nitrogen and oxygen atoms in total. The van der Waals surface area contributed by atoms with Gasteiger partial charge in [0.1, 0.15) is 0 Å². The summed E-state index contributed by atoms with van der Waals surface area (Å²) in [6, 6.07) is 0.527. The first-order chi connectivity index (χ1) is 6.85. The first-order valence-corrected chi connectivity index (χ1v) is 5.83. The molecule has 1 aliphatic rings. The van der Waals surface area contributed by atoms with Gasteiger partial charge in [-0.1, -0.05) is 13.8 Å². The highest BCUT2D eigenvalue weighted by atomic mass is 16.5. The lowest BCUT2D eigenvalue weighted by molar-refractivity contribution is -0.0640. The molecule has 1 aliphatic heterocycles. The normalized spacial score (nSPS) is 26.6. The fourth-order valence-corrected chi connectivity index (χ4v) is 1.88. The quantitative estimate of drug-likeness (QED) is 0.747. The predicted octanol–water partition coefficient (Wildman–Crippen LogP) is 1.55. The van der Waals surface area contributed by atoms with Gasteiger partial charge in [-0.05, 0) is 26.7 Å². The average molecular weight is 215 g/mol. The van der Waals surface area contributed by atoms with Crippen molar-refractivity contribution in [3.8, 4) is 0 Å². The van der Waals surface area contributed by atoms with E-state index < -0.39 is 0 Å². The van der Waals surface area contributed by atoms with E-state index in [0.29, 0.717) is 6.04 Å². The minimum Gasteiger partial charge on any atom is -0.396 e. The van der Waals surface area contributed by atoms with Gasteiger partial charge in [0.2, 0.25) is 0 Å². The van der Waals surface area contributed by atoms with E-state index in [0.717, 1.165) is 26.0 Å². The van der Waals surface area contributed by atoms with E-state index in [9.17, 15) is 0 Å². The summed E-state index contributed by atoms with van der Waals surface area (Å²) in [5, 5.41) is 12.7. The van der Waals surface area contributed by atoms with Gasteiger partial charge in [-0.25, -0.2) is 0 Å². The highest BCUT2D eigenvalue weighted by Gasteiger charge is 2.29. The van der Waals surface area contributed by atoms with Crippen LogP contribution in [0, 0.1) is 5.41 Å². The van der Waals surface area contributed by atoms with Crippen molar-refractivity contribution >= 4 is 0 Å². The summed E-state index contributed by atoms with van der Waals surface area (Å²) in [6.45, 7) is 10.4. The van der Waals surface area contributed by atoms with Crippen LogP contribution in [-0.2, 0) is 4.74 Å². The average Bonchev–Trinajstić information content (AvgIpc) is 2.14. The Balaban J connectivity index is 2.33. The zero-order valence-corrected chi connectivity index (χ0v) is 10.5. The maximum atomic E-state index is 9.16. The van der Waals surface area contributed by atoms with E-state index in [-0.39, 0.29) is 17.6 Å². The van der Waals surface area contributed by atoms with Crippen LogP contribution in [0.1, 0.15) is 40.5 Å². The van der Waals surface area contributed by atoms with Crippen LogP contribution in [0.2, 0.25) is 0 Å². The van der Waals surface area contributed by atoms with Crippen LogP contribution in [0.25, 0.3) is 0 Å². The molecule has 0 saturated carbocycles. The molecule has 0 aliphatic carbocycles. The molecule has 0 aromatic carbocycles. The number of rotatable bonds is 4. The zero-order chi connectivity index (χ0) is 11.5. The summed E-state index contributed by atoms with van der Waals surface area (Å²) in [5.74, 6) is 0. The van der Waals surface area contributed by atoms with Crippen molar-refractivity contribution in [2.75, 3.05) is 19.8 Å². The highest BCUT2D eigenvalue weighted by Crippen LogP contribution is 2.24. The Kier molecular flexibility index (Phi) is 4.15. The van der Waals surface area contributed by atoms with Crippen LogP contribution in [0.4, 0.5) is 0 Å². The number of hydrogen-bond donors (Lipinski definition) is 2. The Labute approximate surface area is 93.2 Å². The number of ether oxygens (including phenoxy) is 1.